The van der Waals surface area contributed by atoms with Crippen LogP contribution in [0.15, 0.2) is 0 Å². The highest BCUT2D eigenvalue weighted by molar-refractivity contribution is 8.00. The van der Waals surface area contributed by atoms with Gasteiger partial charge in [0.2, 0.25) is 0 Å². The zero-order valence-corrected chi connectivity index (χ0v) is 12.6. The quantitative estimate of drug-likeness (QED) is 0.844. The third-order valence-electron chi connectivity index (χ3n) is 4.39. The van der Waals surface area contributed by atoms with E-state index in [1.165, 1.54) is 12.8 Å². The average molecular weight is 298 g/mol. The number of rotatable bonds is 5. The summed E-state index contributed by atoms with van der Waals surface area (Å²) in [6.45, 7) is 3.44. The van der Waals surface area contributed by atoms with Crippen LogP contribution in [0.25, 0.3) is 0 Å². The van der Waals surface area contributed by atoms with E-state index in [1.807, 2.05) is 11.8 Å². The Morgan fingerprint density at radius 2 is 2.00 bits per heavy atom. The van der Waals surface area contributed by atoms with E-state index in [1.54, 1.807) is 16.7 Å². The Hall–Kier alpha value is -0.910. The van der Waals surface area contributed by atoms with Crippen LogP contribution in [0.4, 0.5) is 4.79 Å². The van der Waals surface area contributed by atoms with Crippen LogP contribution in [0.3, 0.4) is 0 Å². The number of carboxylic acids is 1. The van der Waals surface area contributed by atoms with Gasteiger partial charge >= 0.3 is 12.0 Å². The van der Waals surface area contributed by atoms with Crippen molar-refractivity contribution in [2.24, 2.45) is 11.8 Å². The van der Waals surface area contributed by atoms with Crippen LogP contribution in [-0.2, 0) is 4.79 Å². The molecule has 5 nitrogen and oxygen atoms in total. The average Bonchev–Trinajstić information content (AvgIpc) is 3.34. The minimum Gasteiger partial charge on any atom is -0.480 e. The lowest BCUT2D eigenvalue weighted by molar-refractivity contribution is -0.141. The molecular weight excluding hydrogens is 276 g/mol. The first kappa shape index (κ1) is 14.0. The number of carbonyl (C=O) groups is 2. The fourth-order valence-electron chi connectivity index (χ4n) is 2.82. The van der Waals surface area contributed by atoms with Crippen LogP contribution in [0, 0.1) is 11.8 Å². The fourth-order valence-corrected chi connectivity index (χ4v) is 4.45. The van der Waals surface area contributed by atoms with Gasteiger partial charge in [0.05, 0.1) is 5.37 Å². The number of nitrogens with zero attached hydrogens (tertiary/aromatic N) is 2. The van der Waals surface area contributed by atoms with Gasteiger partial charge in [-0.2, -0.15) is 0 Å². The lowest BCUT2D eigenvalue weighted by Gasteiger charge is -2.33. The molecule has 112 valence electrons. The monoisotopic (exact) mass is 298 g/mol. The van der Waals surface area contributed by atoms with E-state index in [0.29, 0.717) is 24.1 Å². The van der Waals surface area contributed by atoms with Gasteiger partial charge in [-0.05, 0) is 44.4 Å². The van der Waals surface area contributed by atoms with E-state index in [9.17, 15) is 14.7 Å². The molecule has 2 atom stereocenters. The van der Waals surface area contributed by atoms with Crippen LogP contribution in [0.5, 0.6) is 0 Å². The summed E-state index contributed by atoms with van der Waals surface area (Å²) in [6.07, 6.45) is 4.66. The SMILES string of the molecule is CCN(CC1CC1)C(=O)N1C(C(=O)O)CSC1C1CC1. The first-order valence-electron chi connectivity index (χ1n) is 7.53. The largest absolute Gasteiger partial charge is 0.480 e. The lowest BCUT2D eigenvalue weighted by atomic mass is 10.2. The van der Waals surface area contributed by atoms with Gasteiger partial charge in [0, 0.05) is 18.8 Å². The van der Waals surface area contributed by atoms with Crippen molar-refractivity contribution >= 4 is 23.8 Å². The predicted octanol–water partition coefficient (Wildman–Crippen LogP) is 2.08. The summed E-state index contributed by atoms with van der Waals surface area (Å²) in [5.41, 5.74) is 0. The molecule has 0 aromatic rings. The second-order valence-corrected chi connectivity index (χ2v) is 7.24. The third kappa shape index (κ3) is 2.75. The Balaban J connectivity index is 1.74. The smallest absolute Gasteiger partial charge is 0.327 e. The summed E-state index contributed by atoms with van der Waals surface area (Å²) < 4.78 is 0. The molecule has 1 aliphatic heterocycles. The highest BCUT2D eigenvalue weighted by Gasteiger charge is 2.49. The first-order chi connectivity index (χ1) is 9.61. The van der Waals surface area contributed by atoms with Crippen molar-refractivity contribution in [2.45, 2.75) is 44.0 Å². The van der Waals surface area contributed by atoms with E-state index in [-0.39, 0.29) is 11.4 Å². The highest BCUT2D eigenvalue weighted by atomic mass is 32.2. The molecule has 0 aromatic carbocycles. The number of hydrogen-bond acceptors (Lipinski definition) is 3. The van der Waals surface area contributed by atoms with Gasteiger partial charge in [-0.25, -0.2) is 9.59 Å². The van der Waals surface area contributed by atoms with Gasteiger partial charge in [0.15, 0.2) is 0 Å². The second kappa shape index (κ2) is 5.47. The summed E-state index contributed by atoms with van der Waals surface area (Å²) in [5.74, 6) is 0.810. The normalized spacial score (nSPS) is 29.6. The van der Waals surface area contributed by atoms with Crippen LogP contribution in [0.2, 0.25) is 0 Å². The molecule has 1 heterocycles. The van der Waals surface area contributed by atoms with Crippen molar-refractivity contribution in [3.8, 4) is 0 Å². The zero-order chi connectivity index (χ0) is 14.3. The Morgan fingerprint density at radius 3 is 2.50 bits per heavy atom. The fraction of sp³-hybridized carbons (Fsp3) is 0.857. The summed E-state index contributed by atoms with van der Waals surface area (Å²) in [6, 6.07) is -0.708. The van der Waals surface area contributed by atoms with E-state index >= 15 is 0 Å². The van der Waals surface area contributed by atoms with Crippen molar-refractivity contribution in [3.05, 3.63) is 0 Å². The van der Waals surface area contributed by atoms with Crippen molar-refractivity contribution < 1.29 is 14.7 Å². The molecule has 0 spiro atoms. The summed E-state index contributed by atoms with van der Waals surface area (Å²) in [7, 11) is 0. The van der Waals surface area contributed by atoms with Gasteiger partial charge in [-0.1, -0.05) is 0 Å². The van der Waals surface area contributed by atoms with Gasteiger partial charge in [-0.15, -0.1) is 11.8 Å². The molecule has 2 unspecified atom stereocenters. The molecule has 3 fully saturated rings. The van der Waals surface area contributed by atoms with Gasteiger partial charge in [0.1, 0.15) is 6.04 Å². The summed E-state index contributed by atoms with van der Waals surface area (Å²) in [5, 5.41) is 9.46. The maximum Gasteiger partial charge on any atom is 0.327 e. The Labute approximate surface area is 123 Å². The number of aliphatic carboxylic acids is 1. The van der Waals surface area contributed by atoms with Crippen LogP contribution in [0.1, 0.15) is 32.6 Å². The van der Waals surface area contributed by atoms with Gasteiger partial charge in [-0.3, -0.25) is 4.90 Å². The molecule has 1 N–H and O–H groups in total. The maximum atomic E-state index is 12.8. The molecule has 0 aromatic heterocycles. The van der Waals surface area contributed by atoms with E-state index in [2.05, 4.69) is 0 Å². The van der Waals surface area contributed by atoms with Gasteiger partial charge in [0.25, 0.3) is 0 Å². The molecule has 3 aliphatic rings. The van der Waals surface area contributed by atoms with Crippen LogP contribution < -0.4 is 0 Å². The van der Waals surface area contributed by atoms with Crippen molar-refractivity contribution in [1.82, 2.24) is 9.80 Å². The number of amides is 2. The van der Waals surface area contributed by atoms with Crippen molar-refractivity contribution in [1.29, 1.82) is 0 Å². The molecule has 2 aliphatic carbocycles. The topological polar surface area (TPSA) is 60.9 Å². The number of carbonyl (C=O) groups excluding carboxylic acids is 1. The molecule has 3 rings (SSSR count). The molecule has 1 saturated heterocycles. The number of hydrogen-bond donors (Lipinski definition) is 1. The number of thioether (sulfide) groups is 1. The standard InChI is InChI=1S/C14H22N2O3S/c1-2-15(7-9-3-4-9)14(19)16-11(13(17)18)8-20-12(16)10-5-6-10/h9-12H,2-8H2,1H3,(H,17,18). The summed E-state index contributed by atoms with van der Waals surface area (Å²) in [4.78, 5) is 27.7. The molecule has 2 amide bonds. The molecular formula is C14H22N2O3S. The van der Waals surface area contributed by atoms with Crippen LogP contribution in [-0.4, -0.2) is 57.2 Å². The van der Waals surface area contributed by atoms with Crippen LogP contribution >= 0.6 is 11.8 Å². The van der Waals surface area contributed by atoms with Crippen molar-refractivity contribution in [2.75, 3.05) is 18.8 Å². The van der Waals surface area contributed by atoms with E-state index < -0.39 is 12.0 Å². The molecule has 0 radical (unpaired) electrons. The second-order valence-electron chi connectivity index (χ2n) is 6.09. The zero-order valence-electron chi connectivity index (χ0n) is 11.8. The lowest BCUT2D eigenvalue weighted by Crippen LogP contribution is -2.52. The highest BCUT2D eigenvalue weighted by Crippen LogP contribution is 2.46. The Morgan fingerprint density at radius 1 is 1.30 bits per heavy atom. The minimum absolute atomic E-state index is 0.0614. The van der Waals surface area contributed by atoms with E-state index in [0.717, 1.165) is 19.4 Å². The van der Waals surface area contributed by atoms with Gasteiger partial charge < -0.3 is 10.0 Å². The first-order valence-corrected chi connectivity index (χ1v) is 8.58. The Bertz CT molecular complexity index is 409. The molecule has 20 heavy (non-hydrogen) atoms. The predicted molar refractivity (Wildman–Crippen MR) is 77.6 cm³/mol. The summed E-state index contributed by atoms with van der Waals surface area (Å²) >= 11 is 1.65. The molecule has 2 saturated carbocycles. The molecule has 0 bridgehead atoms. The minimum atomic E-state index is -0.864. The van der Waals surface area contributed by atoms with E-state index in [4.69, 9.17) is 0 Å². The Kier molecular flexibility index (Phi) is 3.84. The maximum absolute atomic E-state index is 12.8. The number of urea groups is 1. The van der Waals surface area contributed by atoms with Crippen molar-refractivity contribution in [3.63, 3.8) is 0 Å². The number of carboxylic acid groups (broad SMARTS) is 1. The third-order valence-corrected chi connectivity index (χ3v) is 5.86. The molecule has 6 heteroatoms.